The SMILES string of the molecule is O=C(/C=C/c1cccc([N+](=O)[O-])c1)Nc1ccccc1OC(F)(F)[C@H](F)C(F)(F)F. The molecule has 0 radical (unpaired) electrons. The van der Waals surface area contributed by atoms with Gasteiger partial charge in [0.25, 0.3) is 11.9 Å². The second-order valence-corrected chi connectivity index (χ2v) is 5.74. The zero-order valence-corrected chi connectivity index (χ0v) is 14.7. The van der Waals surface area contributed by atoms with Crippen molar-refractivity contribution >= 4 is 23.4 Å². The molecule has 2 aromatic rings. The number of hydrogen-bond acceptors (Lipinski definition) is 4. The summed E-state index contributed by atoms with van der Waals surface area (Å²) < 4.78 is 80.6. The number of nitro benzene ring substituents is 1. The van der Waals surface area contributed by atoms with Crippen molar-refractivity contribution in [1.29, 1.82) is 0 Å². The largest absolute Gasteiger partial charge is 0.439 e. The van der Waals surface area contributed by atoms with Gasteiger partial charge in [0.05, 0.1) is 10.6 Å². The van der Waals surface area contributed by atoms with Crippen molar-refractivity contribution in [1.82, 2.24) is 0 Å². The second kappa shape index (κ2) is 8.84. The lowest BCUT2D eigenvalue weighted by molar-refractivity contribution is -0.384. The molecule has 2 rings (SSSR count). The second-order valence-electron chi connectivity index (χ2n) is 5.74. The molecule has 1 N–H and O–H groups in total. The number of carbonyl (C=O) groups is 1. The van der Waals surface area contributed by atoms with Gasteiger partial charge in [-0.3, -0.25) is 14.9 Å². The van der Waals surface area contributed by atoms with Gasteiger partial charge in [-0.1, -0.05) is 24.3 Å². The summed E-state index contributed by atoms with van der Waals surface area (Å²) in [5.74, 6) is -1.81. The molecule has 0 aliphatic carbocycles. The van der Waals surface area contributed by atoms with Crippen LogP contribution in [0.5, 0.6) is 5.75 Å². The maximum Gasteiger partial charge on any atom is 0.439 e. The van der Waals surface area contributed by atoms with Gasteiger partial charge in [0.1, 0.15) is 5.75 Å². The van der Waals surface area contributed by atoms with E-state index in [1.54, 1.807) is 0 Å². The highest BCUT2D eigenvalue weighted by Gasteiger charge is 2.59. The van der Waals surface area contributed by atoms with Gasteiger partial charge in [-0.15, -0.1) is 0 Å². The summed E-state index contributed by atoms with van der Waals surface area (Å²) in [6.07, 6.45) is -13.6. The molecule has 0 aliphatic rings. The molecule has 0 fully saturated rings. The lowest BCUT2D eigenvalue weighted by Crippen LogP contribution is -2.45. The first-order valence-electron chi connectivity index (χ1n) is 8.00. The number of nitrogens with zero attached hydrogens (tertiary/aromatic N) is 1. The van der Waals surface area contributed by atoms with Crippen molar-refractivity contribution in [2.75, 3.05) is 5.32 Å². The van der Waals surface area contributed by atoms with E-state index in [2.05, 4.69) is 10.1 Å². The number of para-hydroxylation sites is 2. The van der Waals surface area contributed by atoms with Crippen LogP contribution in [0, 0.1) is 10.1 Å². The molecule has 12 heteroatoms. The minimum Gasteiger partial charge on any atom is -0.428 e. The Balaban J connectivity index is 2.15. The number of ether oxygens (including phenoxy) is 1. The van der Waals surface area contributed by atoms with Crippen molar-refractivity contribution in [3.63, 3.8) is 0 Å². The Labute approximate surface area is 164 Å². The average molecular weight is 434 g/mol. The van der Waals surface area contributed by atoms with Crippen LogP contribution in [-0.4, -0.2) is 29.3 Å². The zero-order valence-electron chi connectivity index (χ0n) is 14.7. The zero-order chi connectivity index (χ0) is 22.5. The number of carbonyl (C=O) groups excluding carboxylic acids is 1. The molecule has 160 valence electrons. The highest BCUT2D eigenvalue weighted by Crippen LogP contribution is 2.38. The standard InChI is InChI=1S/C18H12F6N2O4/c19-16(17(20,21)22)18(23,24)30-14-7-2-1-6-13(14)25-15(27)9-8-11-4-3-5-12(10-11)26(28)29/h1-10,16H,(H,25,27)/b9-8+/t16-/m1/s1. The van der Waals surface area contributed by atoms with Gasteiger partial charge >= 0.3 is 12.3 Å². The third kappa shape index (κ3) is 5.96. The van der Waals surface area contributed by atoms with Crippen LogP contribution in [0.3, 0.4) is 0 Å². The number of amides is 1. The Hall–Kier alpha value is -3.57. The summed E-state index contributed by atoms with van der Waals surface area (Å²) in [7, 11) is 0. The minimum absolute atomic E-state index is 0.232. The Morgan fingerprint density at radius 1 is 1.10 bits per heavy atom. The summed E-state index contributed by atoms with van der Waals surface area (Å²) in [4.78, 5) is 22.1. The van der Waals surface area contributed by atoms with Crippen molar-refractivity contribution in [3.05, 3.63) is 70.3 Å². The Bertz CT molecular complexity index is 962. The fraction of sp³-hybridized carbons (Fsp3) is 0.167. The van der Waals surface area contributed by atoms with Gasteiger partial charge in [-0.05, 0) is 23.8 Å². The van der Waals surface area contributed by atoms with Gasteiger partial charge in [0, 0.05) is 18.2 Å². The quantitative estimate of drug-likeness (QED) is 0.284. The predicted molar refractivity (Wildman–Crippen MR) is 93.7 cm³/mol. The number of nitro groups is 1. The monoisotopic (exact) mass is 434 g/mol. The number of nitrogens with one attached hydrogen (secondary N) is 1. The fourth-order valence-corrected chi connectivity index (χ4v) is 2.14. The molecule has 0 aromatic heterocycles. The van der Waals surface area contributed by atoms with Gasteiger partial charge in [-0.25, -0.2) is 4.39 Å². The van der Waals surface area contributed by atoms with Crippen LogP contribution >= 0.6 is 0 Å². The van der Waals surface area contributed by atoms with E-state index in [4.69, 9.17) is 0 Å². The first-order valence-corrected chi connectivity index (χ1v) is 8.00. The van der Waals surface area contributed by atoms with Crippen LogP contribution in [0.15, 0.2) is 54.6 Å². The molecule has 2 aromatic carbocycles. The van der Waals surface area contributed by atoms with E-state index in [-0.39, 0.29) is 11.3 Å². The van der Waals surface area contributed by atoms with E-state index >= 15 is 0 Å². The summed E-state index contributed by atoms with van der Waals surface area (Å²) in [6, 6.07) is 9.47. The molecule has 0 unspecified atom stereocenters. The first-order chi connectivity index (χ1) is 13.9. The smallest absolute Gasteiger partial charge is 0.428 e. The molecular formula is C18H12F6N2O4. The van der Waals surface area contributed by atoms with Crippen LogP contribution in [0.4, 0.5) is 37.7 Å². The lowest BCUT2D eigenvalue weighted by Gasteiger charge is -2.24. The summed E-state index contributed by atoms with van der Waals surface area (Å²) in [5, 5.41) is 12.8. The normalized spacial score (nSPS) is 13.1. The Kier molecular flexibility index (Phi) is 6.70. The van der Waals surface area contributed by atoms with E-state index in [0.29, 0.717) is 0 Å². The Morgan fingerprint density at radius 2 is 1.77 bits per heavy atom. The van der Waals surface area contributed by atoms with Crippen molar-refractivity contribution < 1.29 is 40.8 Å². The summed E-state index contributed by atoms with van der Waals surface area (Å²) in [5.41, 5.74) is -0.398. The molecule has 0 saturated heterocycles. The maximum atomic E-state index is 13.5. The number of anilines is 1. The van der Waals surface area contributed by atoms with Gasteiger partial charge in [0.15, 0.2) is 0 Å². The molecular weight excluding hydrogens is 422 g/mol. The third-order valence-corrected chi connectivity index (χ3v) is 3.48. The van der Waals surface area contributed by atoms with E-state index in [9.17, 15) is 41.3 Å². The number of hydrogen-bond donors (Lipinski definition) is 1. The van der Waals surface area contributed by atoms with Crippen LogP contribution in [0.2, 0.25) is 0 Å². The van der Waals surface area contributed by atoms with Gasteiger partial charge in [0.2, 0.25) is 5.91 Å². The van der Waals surface area contributed by atoms with E-state index in [0.717, 1.165) is 24.3 Å². The van der Waals surface area contributed by atoms with Crippen LogP contribution in [0.25, 0.3) is 6.08 Å². The molecule has 0 heterocycles. The molecule has 1 amide bonds. The van der Waals surface area contributed by atoms with Gasteiger partial charge in [-0.2, -0.15) is 22.0 Å². The third-order valence-electron chi connectivity index (χ3n) is 3.48. The summed E-state index contributed by atoms with van der Waals surface area (Å²) >= 11 is 0. The topological polar surface area (TPSA) is 81.5 Å². The fourth-order valence-electron chi connectivity index (χ4n) is 2.14. The average Bonchev–Trinajstić information content (AvgIpc) is 2.66. The highest BCUT2D eigenvalue weighted by atomic mass is 19.4. The van der Waals surface area contributed by atoms with Crippen LogP contribution < -0.4 is 10.1 Å². The summed E-state index contributed by atoms with van der Waals surface area (Å²) in [6.45, 7) is 0. The Morgan fingerprint density at radius 3 is 2.40 bits per heavy atom. The molecule has 6 nitrogen and oxygen atoms in total. The maximum absolute atomic E-state index is 13.5. The van der Waals surface area contributed by atoms with Crippen molar-refractivity contribution in [3.8, 4) is 5.75 Å². The number of rotatable bonds is 7. The lowest BCUT2D eigenvalue weighted by atomic mass is 10.2. The molecule has 0 aliphatic heterocycles. The van der Waals surface area contributed by atoms with E-state index in [1.165, 1.54) is 36.4 Å². The van der Waals surface area contributed by atoms with E-state index in [1.807, 2.05) is 0 Å². The number of alkyl halides is 6. The van der Waals surface area contributed by atoms with Crippen LogP contribution in [0.1, 0.15) is 5.56 Å². The molecule has 30 heavy (non-hydrogen) atoms. The minimum atomic E-state index is -5.86. The molecule has 0 spiro atoms. The molecule has 0 bridgehead atoms. The number of non-ortho nitro benzene ring substituents is 1. The number of benzene rings is 2. The van der Waals surface area contributed by atoms with Gasteiger partial charge < -0.3 is 10.1 Å². The molecule has 0 saturated carbocycles. The molecule has 1 atom stereocenters. The van der Waals surface area contributed by atoms with Crippen molar-refractivity contribution in [2.45, 2.75) is 18.5 Å². The highest BCUT2D eigenvalue weighted by molar-refractivity contribution is 6.02. The van der Waals surface area contributed by atoms with Crippen molar-refractivity contribution in [2.24, 2.45) is 0 Å². The predicted octanol–water partition coefficient (Wildman–Crippen LogP) is 5.12. The number of halogens is 6. The first kappa shape index (κ1) is 22.7. The van der Waals surface area contributed by atoms with E-state index < -0.39 is 40.7 Å². The van der Waals surface area contributed by atoms with Crippen LogP contribution in [-0.2, 0) is 4.79 Å².